The normalized spacial score (nSPS) is 8.72. The van der Waals surface area contributed by atoms with E-state index >= 15 is 0 Å². The van der Waals surface area contributed by atoms with Gasteiger partial charge in [0.2, 0.25) is 0 Å². The van der Waals surface area contributed by atoms with Crippen molar-refractivity contribution >= 4 is 35.8 Å². The third-order valence-electron chi connectivity index (χ3n) is 2.51. The van der Waals surface area contributed by atoms with E-state index in [2.05, 4.69) is 13.8 Å². The summed E-state index contributed by atoms with van der Waals surface area (Å²) >= 11 is 0. The second kappa shape index (κ2) is 15.4. The van der Waals surface area contributed by atoms with Crippen LogP contribution >= 0.6 is 0 Å². The molecule has 4 N–H and O–H groups in total. The second-order valence-corrected chi connectivity index (χ2v) is 4.99. The van der Waals surface area contributed by atoms with E-state index in [1.165, 1.54) is 11.9 Å². The Bertz CT molecular complexity index is 537. The first-order valence-electron chi connectivity index (χ1n) is 7.22. The van der Waals surface area contributed by atoms with Gasteiger partial charge in [0, 0.05) is 47.7 Å². The van der Waals surface area contributed by atoms with Crippen LogP contribution in [0.5, 0.6) is 0 Å². The molecule has 126 valence electrons. The molecular weight excluding hydrogens is 425 g/mol. The third-order valence-corrected chi connectivity index (χ3v) is 2.51. The summed E-state index contributed by atoms with van der Waals surface area (Å²) in [7, 11) is 1.51. The fourth-order valence-electron chi connectivity index (χ4n) is 1.50. The minimum atomic E-state index is -0.747. The fourth-order valence-corrected chi connectivity index (χ4v) is 1.50. The minimum Gasteiger partial charge on any atom is -0.564 e. The summed E-state index contributed by atoms with van der Waals surface area (Å²) in [5.74, 6) is -1.49. The molecule has 0 aliphatic heterocycles. The summed E-state index contributed by atoms with van der Waals surface area (Å²) in [5.41, 5.74) is 2.14. The molecule has 2 aromatic carbocycles. The summed E-state index contributed by atoms with van der Waals surface area (Å²) in [4.78, 5) is 21.5. The van der Waals surface area contributed by atoms with Crippen molar-refractivity contribution in [1.29, 1.82) is 0 Å². The van der Waals surface area contributed by atoms with Gasteiger partial charge in [-0.3, -0.25) is 4.90 Å². The van der Waals surface area contributed by atoms with Gasteiger partial charge in [-0.2, -0.15) is 0 Å². The number of hydrogen-bond acceptors (Lipinski definition) is 3. The van der Waals surface area contributed by atoms with E-state index < -0.39 is 11.9 Å². The zero-order valence-corrected chi connectivity index (χ0v) is 17.2. The third kappa shape index (κ3) is 18.1. The number of likely N-dealkylation sites (N-methyl/N-ethyl adjacent to an activating group) is 1. The summed E-state index contributed by atoms with van der Waals surface area (Å²) in [6.45, 7) is 7.26. The summed E-state index contributed by atoms with van der Waals surface area (Å²) in [6.07, 6.45) is 0. The van der Waals surface area contributed by atoms with Crippen molar-refractivity contribution in [3.8, 4) is 0 Å². The zero-order valence-electron chi connectivity index (χ0n) is 14.4. The fraction of sp³-hybridized carbons (Fsp3) is 0.158. The standard InChI is InChI=1S/2C7H7.C5H9NO4.Sn/c2*1-7-5-3-2-4-6-7;1-6(2-4(7)8)3-5(9)10;/h2*2-6H,1H2;2-3H2,1H3,(H,7,8)(H,9,10);/q2*+1;;+4/p+2. The van der Waals surface area contributed by atoms with Crippen LogP contribution in [0.25, 0.3) is 0 Å². The molecule has 0 aliphatic carbocycles. The maximum atomic E-state index is 10.1. The molecule has 0 unspecified atom stereocenters. The molecule has 2 aromatic rings. The number of hydrogen-bond donors (Lipinski definition) is 0. The van der Waals surface area contributed by atoms with Gasteiger partial charge < -0.3 is 10.2 Å². The van der Waals surface area contributed by atoms with E-state index in [4.69, 9.17) is 10.2 Å². The Labute approximate surface area is 166 Å². The topological polar surface area (TPSA) is 83.2 Å². The Morgan fingerprint density at radius 1 is 0.800 bits per heavy atom. The molecular formula is C19H25NO4Sn+8. The van der Waals surface area contributed by atoms with Crippen molar-refractivity contribution in [2.24, 2.45) is 0 Å². The van der Waals surface area contributed by atoms with Crippen molar-refractivity contribution in [1.82, 2.24) is 4.90 Å². The molecule has 0 bridgehead atoms. The average Bonchev–Trinajstić information content (AvgIpc) is 2.48. The first-order valence-corrected chi connectivity index (χ1v) is 7.22. The van der Waals surface area contributed by atoms with Gasteiger partial charge in [-0.25, -0.2) is 0 Å². The van der Waals surface area contributed by atoms with Crippen LogP contribution in [-0.4, -0.2) is 71.1 Å². The van der Waals surface area contributed by atoms with Crippen molar-refractivity contribution in [2.45, 2.75) is 0 Å². The monoisotopic (exact) mass is 451 g/mol. The molecule has 0 fully saturated rings. The quantitative estimate of drug-likeness (QED) is 0.392. The number of benzene rings is 2. The molecule has 2 rings (SSSR count). The van der Waals surface area contributed by atoms with Crippen LogP contribution in [0, 0.1) is 13.8 Å². The van der Waals surface area contributed by atoms with Gasteiger partial charge >= 0.3 is 35.8 Å². The molecule has 0 saturated carbocycles. The summed E-state index contributed by atoms with van der Waals surface area (Å²) < 4.78 is 0. The van der Waals surface area contributed by atoms with Crippen molar-refractivity contribution in [3.63, 3.8) is 0 Å². The molecule has 25 heavy (non-hydrogen) atoms. The molecule has 0 spiro atoms. The molecule has 0 heterocycles. The Morgan fingerprint density at radius 3 is 1.24 bits per heavy atom. The van der Waals surface area contributed by atoms with Crippen LogP contribution in [0.4, 0.5) is 0 Å². The van der Waals surface area contributed by atoms with Crippen LogP contribution in [0.1, 0.15) is 11.1 Å². The summed E-state index contributed by atoms with van der Waals surface area (Å²) in [6, 6.07) is 19.7. The largest absolute Gasteiger partial charge is 4.00 e. The van der Waals surface area contributed by atoms with Gasteiger partial charge in [-0.1, -0.05) is 0 Å². The first-order chi connectivity index (χ1) is 11.3. The van der Waals surface area contributed by atoms with E-state index in [-0.39, 0.29) is 37.0 Å². The van der Waals surface area contributed by atoms with Gasteiger partial charge in [0.25, 0.3) is 0 Å². The van der Waals surface area contributed by atoms with Gasteiger partial charge in [0.15, 0.2) is 13.1 Å². The van der Waals surface area contributed by atoms with Crippen LogP contribution in [0.3, 0.4) is 0 Å². The molecule has 6 heteroatoms. The molecule has 5 nitrogen and oxygen atoms in total. The van der Waals surface area contributed by atoms with E-state index in [0.29, 0.717) is 0 Å². The molecule has 0 saturated heterocycles. The molecule has 0 amide bonds. The van der Waals surface area contributed by atoms with Crippen molar-refractivity contribution < 1.29 is 19.8 Å². The Kier molecular flexibility index (Phi) is 15.5. The maximum absolute atomic E-state index is 10.1. The van der Waals surface area contributed by atoms with Gasteiger partial charge in [-0.05, 0) is 43.4 Å². The van der Waals surface area contributed by atoms with Gasteiger partial charge in [0.05, 0.1) is 0 Å². The molecule has 0 atom stereocenters. The first kappa shape index (κ1) is 25.1. The van der Waals surface area contributed by atoms with Crippen molar-refractivity contribution in [3.05, 3.63) is 85.6 Å². The van der Waals surface area contributed by atoms with Gasteiger partial charge in [-0.15, -0.1) is 0 Å². The van der Waals surface area contributed by atoms with Crippen LogP contribution < -0.4 is 0 Å². The average molecular weight is 450 g/mol. The van der Waals surface area contributed by atoms with E-state index in [1.54, 1.807) is 0 Å². The number of carbonyl (C=O) groups is 2. The van der Waals surface area contributed by atoms with Crippen molar-refractivity contribution in [2.75, 3.05) is 20.1 Å². The zero-order chi connectivity index (χ0) is 18.4. The Morgan fingerprint density at radius 2 is 1.08 bits per heavy atom. The number of rotatable bonds is 4. The summed E-state index contributed by atoms with van der Waals surface area (Å²) in [5, 5.41) is 13.0. The molecule has 0 radical (unpaired) electrons. The minimum absolute atomic E-state index is 0. The maximum Gasteiger partial charge on any atom is 4.00 e. The number of carbonyl (C=O) groups excluding carboxylic acids is 2. The Balaban J connectivity index is 0. The van der Waals surface area contributed by atoms with Crippen LogP contribution in [0.2, 0.25) is 0 Å². The smallest absolute Gasteiger partial charge is 0.564 e. The predicted octanol–water partition coefficient (Wildman–Crippen LogP) is 0.777. The number of nitrogens with zero attached hydrogens (tertiary/aromatic N) is 1. The molecule has 0 aromatic heterocycles. The van der Waals surface area contributed by atoms with Crippen LogP contribution in [0.15, 0.2) is 60.7 Å². The van der Waals surface area contributed by atoms with E-state index in [0.717, 1.165) is 11.1 Å². The molecule has 0 aliphatic rings. The van der Waals surface area contributed by atoms with E-state index in [9.17, 15) is 9.59 Å². The predicted molar refractivity (Wildman–Crippen MR) is 102 cm³/mol. The van der Waals surface area contributed by atoms with E-state index in [1.807, 2.05) is 60.7 Å². The Hall–Kier alpha value is -2.12. The second-order valence-electron chi connectivity index (χ2n) is 4.99. The van der Waals surface area contributed by atoms with Crippen LogP contribution in [-0.2, 0) is 9.59 Å². The van der Waals surface area contributed by atoms with Gasteiger partial charge in [0.1, 0.15) is 11.1 Å². The SMILES string of the molecule is CN(CC(=O)[OH2+])CC(=O)[OH2+].[CH2+]c1ccccc1.[CH2+]c1ccccc1.[Sn+4].